The number of nitrogens with zero attached hydrogens (tertiary/aromatic N) is 2. The van der Waals surface area contributed by atoms with Crippen molar-refractivity contribution in [1.29, 1.82) is 0 Å². The van der Waals surface area contributed by atoms with Crippen molar-refractivity contribution in [3.8, 4) is 0 Å². The summed E-state index contributed by atoms with van der Waals surface area (Å²) in [6, 6.07) is 0. The number of carbonyl (C=O) groups is 2. The molecule has 0 aliphatic carbocycles. The van der Waals surface area contributed by atoms with E-state index < -0.39 is 6.09 Å². The number of rotatable bonds is 4. The number of aliphatic hydroxyl groups is 1. The highest BCUT2D eigenvalue weighted by atomic mass is 16.6. The first kappa shape index (κ1) is 13.7. The summed E-state index contributed by atoms with van der Waals surface area (Å²) in [4.78, 5) is 25.9. The van der Waals surface area contributed by atoms with Gasteiger partial charge in [0.05, 0.1) is 20.3 Å². The van der Waals surface area contributed by atoms with Crippen molar-refractivity contribution in [2.45, 2.75) is 0 Å². The van der Waals surface area contributed by atoms with Crippen molar-refractivity contribution < 1.29 is 24.2 Å². The van der Waals surface area contributed by atoms with E-state index in [0.717, 1.165) is 0 Å². The van der Waals surface area contributed by atoms with Crippen LogP contribution in [0, 0.1) is 0 Å². The molecule has 1 rings (SSSR count). The molecule has 1 N–H and O–H groups in total. The molecule has 0 spiro atoms. The van der Waals surface area contributed by atoms with Crippen LogP contribution in [0.1, 0.15) is 0 Å². The van der Waals surface area contributed by atoms with Gasteiger partial charge >= 0.3 is 12.1 Å². The first-order chi connectivity index (χ1) is 8.17. The van der Waals surface area contributed by atoms with Gasteiger partial charge in [-0.05, 0) is 0 Å². The lowest BCUT2D eigenvalue weighted by atomic mass is 10.3. The van der Waals surface area contributed by atoms with E-state index >= 15 is 0 Å². The fraction of sp³-hybridized carbons (Fsp3) is 0.800. The van der Waals surface area contributed by atoms with Crippen LogP contribution in [0.2, 0.25) is 0 Å². The zero-order valence-electron chi connectivity index (χ0n) is 9.92. The topological polar surface area (TPSA) is 79.3 Å². The zero-order chi connectivity index (χ0) is 12.7. The fourth-order valence-electron chi connectivity index (χ4n) is 1.56. The predicted octanol–water partition coefficient (Wildman–Crippen LogP) is -1.09. The maximum atomic E-state index is 11.4. The molecule has 1 aliphatic rings. The Kier molecular flexibility index (Phi) is 5.71. The lowest BCUT2D eigenvalue weighted by Crippen LogP contribution is -2.50. The Bertz CT molecular complexity index is 263. The number of hydrogen-bond acceptors (Lipinski definition) is 6. The molecule has 17 heavy (non-hydrogen) atoms. The summed E-state index contributed by atoms with van der Waals surface area (Å²) < 4.78 is 9.36. The van der Waals surface area contributed by atoms with Crippen LogP contribution in [0.15, 0.2) is 0 Å². The van der Waals surface area contributed by atoms with Crippen molar-refractivity contribution in [3.05, 3.63) is 0 Å². The SMILES string of the molecule is COC(=O)CN1CCN(C(=O)OCCO)CC1. The molecule has 0 saturated carbocycles. The Morgan fingerprint density at radius 3 is 2.41 bits per heavy atom. The lowest BCUT2D eigenvalue weighted by molar-refractivity contribution is -0.142. The number of esters is 1. The summed E-state index contributed by atoms with van der Waals surface area (Å²) in [6.45, 7) is 2.35. The molecule has 0 unspecified atom stereocenters. The Labute approximate surface area is 99.9 Å². The molecule has 1 aliphatic heterocycles. The summed E-state index contributed by atoms with van der Waals surface area (Å²) in [5, 5.41) is 8.53. The number of ether oxygens (including phenoxy) is 2. The quantitative estimate of drug-likeness (QED) is 0.635. The average Bonchev–Trinajstić information content (AvgIpc) is 2.36. The second kappa shape index (κ2) is 7.08. The van der Waals surface area contributed by atoms with E-state index in [9.17, 15) is 9.59 Å². The van der Waals surface area contributed by atoms with E-state index in [1.54, 1.807) is 4.90 Å². The minimum Gasteiger partial charge on any atom is -0.468 e. The molecule has 7 nitrogen and oxygen atoms in total. The standard InChI is InChI=1S/C10H18N2O5/c1-16-9(14)8-11-2-4-12(5-3-11)10(15)17-7-6-13/h13H,2-8H2,1H3. The van der Waals surface area contributed by atoms with Gasteiger partial charge in [-0.1, -0.05) is 0 Å². The van der Waals surface area contributed by atoms with Gasteiger partial charge in [-0.3, -0.25) is 9.69 Å². The molecule has 0 radical (unpaired) electrons. The van der Waals surface area contributed by atoms with Crippen molar-refractivity contribution in [1.82, 2.24) is 9.80 Å². The van der Waals surface area contributed by atoms with Crippen LogP contribution in [0.4, 0.5) is 4.79 Å². The van der Waals surface area contributed by atoms with Crippen molar-refractivity contribution >= 4 is 12.1 Å². The number of amides is 1. The van der Waals surface area contributed by atoms with Crippen LogP contribution in [0.3, 0.4) is 0 Å². The van der Waals surface area contributed by atoms with Crippen LogP contribution >= 0.6 is 0 Å². The minimum absolute atomic E-state index is 0.0151. The Morgan fingerprint density at radius 1 is 1.24 bits per heavy atom. The van der Waals surface area contributed by atoms with Crippen LogP contribution in [0.5, 0.6) is 0 Å². The van der Waals surface area contributed by atoms with Gasteiger partial charge in [-0.25, -0.2) is 4.79 Å². The van der Waals surface area contributed by atoms with Gasteiger partial charge in [0.25, 0.3) is 0 Å². The third kappa shape index (κ3) is 4.58. The molecule has 1 amide bonds. The fourth-order valence-corrected chi connectivity index (χ4v) is 1.56. The van der Waals surface area contributed by atoms with E-state index in [1.165, 1.54) is 7.11 Å². The van der Waals surface area contributed by atoms with Crippen molar-refractivity contribution in [3.63, 3.8) is 0 Å². The molecule has 1 heterocycles. The van der Waals surface area contributed by atoms with E-state index in [-0.39, 0.29) is 25.7 Å². The van der Waals surface area contributed by atoms with E-state index in [2.05, 4.69) is 4.74 Å². The molecular weight excluding hydrogens is 228 g/mol. The first-order valence-corrected chi connectivity index (χ1v) is 5.49. The highest BCUT2D eigenvalue weighted by Gasteiger charge is 2.23. The molecule has 7 heteroatoms. The number of aliphatic hydroxyl groups excluding tert-OH is 1. The highest BCUT2D eigenvalue weighted by Crippen LogP contribution is 2.03. The molecule has 1 saturated heterocycles. The van der Waals surface area contributed by atoms with Gasteiger partial charge in [0, 0.05) is 26.2 Å². The van der Waals surface area contributed by atoms with E-state index in [0.29, 0.717) is 26.2 Å². The van der Waals surface area contributed by atoms with Gasteiger partial charge < -0.3 is 19.5 Å². The van der Waals surface area contributed by atoms with Gasteiger partial charge in [-0.15, -0.1) is 0 Å². The van der Waals surface area contributed by atoms with E-state index in [1.807, 2.05) is 4.90 Å². The van der Waals surface area contributed by atoms with Crippen molar-refractivity contribution in [2.24, 2.45) is 0 Å². The Morgan fingerprint density at radius 2 is 1.88 bits per heavy atom. The third-order valence-electron chi connectivity index (χ3n) is 2.53. The van der Waals surface area contributed by atoms with Crippen molar-refractivity contribution in [2.75, 3.05) is 53.0 Å². The molecule has 0 atom stereocenters. The summed E-state index contributed by atoms with van der Waals surface area (Å²) in [5.41, 5.74) is 0. The van der Waals surface area contributed by atoms with Crippen LogP contribution in [-0.2, 0) is 14.3 Å². The lowest BCUT2D eigenvalue weighted by Gasteiger charge is -2.33. The number of carbonyl (C=O) groups excluding carboxylic acids is 2. The third-order valence-corrected chi connectivity index (χ3v) is 2.53. The Hall–Kier alpha value is -1.34. The van der Waals surface area contributed by atoms with Gasteiger partial charge in [0.1, 0.15) is 6.61 Å². The molecule has 1 fully saturated rings. The monoisotopic (exact) mass is 246 g/mol. The predicted molar refractivity (Wildman–Crippen MR) is 58.5 cm³/mol. The van der Waals surface area contributed by atoms with Gasteiger partial charge in [-0.2, -0.15) is 0 Å². The van der Waals surface area contributed by atoms with Gasteiger partial charge in [0.15, 0.2) is 0 Å². The normalized spacial score (nSPS) is 16.7. The maximum absolute atomic E-state index is 11.4. The summed E-state index contributed by atoms with van der Waals surface area (Å²) in [5.74, 6) is -0.277. The minimum atomic E-state index is -0.420. The largest absolute Gasteiger partial charge is 0.468 e. The van der Waals surface area contributed by atoms with Gasteiger partial charge in [0.2, 0.25) is 0 Å². The smallest absolute Gasteiger partial charge is 0.409 e. The molecule has 98 valence electrons. The van der Waals surface area contributed by atoms with Crippen LogP contribution in [0.25, 0.3) is 0 Å². The number of methoxy groups -OCH3 is 1. The number of piperazine rings is 1. The van der Waals surface area contributed by atoms with Crippen LogP contribution in [-0.4, -0.2) is 80.0 Å². The zero-order valence-corrected chi connectivity index (χ0v) is 9.92. The summed E-state index contributed by atoms with van der Waals surface area (Å²) >= 11 is 0. The average molecular weight is 246 g/mol. The molecular formula is C10H18N2O5. The molecule has 0 aromatic carbocycles. The first-order valence-electron chi connectivity index (χ1n) is 5.49. The summed E-state index contributed by atoms with van der Waals surface area (Å²) in [6.07, 6.45) is -0.420. The molecule has 0 aromatic heterocycles. The summed E-state index contributed by atoms with van der Waals surface area (Å²) in [7, 11) is 1.35. The molecule has 0 bridgehead atoms. The molecule has 0 aromatic rings. The Balaban J connectivity index is 2.25. The number of hydrogen-bond donors (Lipinski definition) is 1. The highest BCUT2D eigenvalue weighted by molar-refractivity contribution is 5.71. The maximum Gasteiger partial charge on any atom is 0.409 e. The van der Waals surface area contributed by atoms with E-state index in [4.69, 9.17) is 9.84 Å². The van der Waals surface area contributed by atoms with Crippen LogP contribution < -0.4 is 0 Å². The second-order valence-corrected chi connectivity index (χ2v) is 3.68. The second-order valence-electron chi connectivity index (χ2n) is 3.68.